The summed E-state index contributed by atoms with van der Waals surface area (Å²) in [5.41, 5.74) is 5.16. The molecule has 3 N–H and O–H groups in total. The Morgan fingerprint density at radius 3 is 2.57 bits per heavy atom. The van der Waals surface area contributed by atoms with Crippen molar-refractivity contribution in [3.8, 4) is 0 Å². The molecule has 0 aromatic heterocycles. The molecule has 3 amide bonds. The standard InChI is InChI=1S/C9H17N3O2/c1-6(2)11-9(14)12-4-3-7(5-12)8(10)13/h6-7H,3-5H2,1-2H3,(H2,10,13)(H,11,14). The van der Waals surface area contributed by atoms with E-state index >= 15 is 0 Å². The molecule has 1 unspecified atom stereocenters. The molecular formula is C9H17N3O2. The van der Waals surface area contributed by atoms with Gasteiger partial charge in [0.25, 0.3) is 0 Å². The zero-order valence-electron chi connectivity index (χ0n) is 8.62. The second-order valence-electron chi connectivity index (χ2n) is 3.94. The molecule has 0 aliphatic carbocycles. The average Bonchev–Trinajstić information content (AvgIpc) is 2.50. The second-order valence-corrected chi connectivity index (χ2v) is 3.94. The van der Waals surface area contributed by atoms with Gasteiger partial charge in [0.1, 0.15) is 0 Å². The van der Waals surface area contributed by atoms with Crippen LogP contribution in [-0.4, -0.2) is 36.0 Å². The number of carbonyl (C=O) groups excluding carboxylic acids is 2. The number of rotatable bonds is 2. The monoisotopic (exact) mass is 199 g/mol. The Morgan fingerprint density at radius 2 is 2.14 bits per heavy atom. The number of likely N-dealkylation sites (tertiary alicyclic amines) is 1. The minimum Gasteiger partial charge on any atom is -0.369 e. The molecule has 1 fully saturated rings. The first kappa shape index (κ1) is 10.8. The average molecular weight is 199 g/mol. The lowest BCUT2D eigenvalue weighted by atomic mass is 10.1. The molecule has 0 saturated carbocycles. The van der Waals surface area contributed by atoms with Crippen molar-refractivity contribution in [3.05, 3.63) is 0 Å². The molecule has 0 aromatic rings. The van der Waals surface area contributed by atoms with Gasteiger partial charge in [0.05, 0.1) is 5.92 Å². The first-order chi connectivity index (χ1) is 6.50. The quantitative estimate of drug-likeness (QED) is 0.652. The van der Waals surface area contributed by atoms with E-state index < -0.39 is 0 Å². The summed E-state index contributed by atoms with van der Waals surface area (Å²) in [7, 11) is 0. The van der Waals surface area contributed by atoms with Gasteiger partial charge >= 0.3 is 6.03 Å². The van der Waals surface area contributed by atoms with Crippen molar-refractivity contribution in [2.75, 3.05) is 13.1 Å². The Labute approximate surface area is 83.6 Å². The maximum absolute atomic E-state index is 11.5. The number of nitrogens with zero attached hydrogens (tertiary/aromatic N) is 1. The van der Waals surface area contributed by atoms with Crippen molar-refractivity contribution >= 4 is 11.9 Å². The number of hydrogen-bond donors (Lipinski definition) is 2. The Bertz CT molecular complexity index is 240. The molecule has 1 heterocycles. The van der Waals surface area contributed by atoms with Gasteiger partial charge in [-0.25, -0.2) is 4.79 Å². The number of carbonyl (C=O) groups is 2. The summed E-state index contributed by atoms with van der Waals surface area (Å²) in [5, 5.41) is 2.78. The van der Waals surface area contributed by atoms with Crippen LogP contribution in [0.1, 0.15) is 20.3 Å². The van der Waals surface area contributed by atoms with Gasteiger partial charge in [0.15, 0.2) is 0 Å². The molecule has 1 atom stereocenters. The van der Waals surface area contributed by atoms with E-state index in [4.69, 9.17) is 5.73 Å². The third-order valence-electron chi connectivity index (χ3n) is 2.29. The number of nitrogens with one attached hydrogen (secondary N) is 1. The molecule has 1 aliphatic heterocycles. The molecule has 0 aromatic carbocycles. The van der Waals surface area contributed by atoms with Crippen LogP contribution in [0.25, 0.3) is 0 Å². The smallest absolute Gasteiger partial charge is 0.317 e. The van der Waals surface area contributed by atoms with Crippen molar-refractivity contribution in [2.24, 2.45) is 11.7 Å². The van der Waals surface area contributed by atoms with E-state index in [-0.39, 0.29) is 23.9 Å². The van der Waals surface area contributed by atoms with E-state index in [0.29, 0.717) is 19.5 Å². The van der Waals surface area contributed by atoms with Crippen LogP contribution in [0.3, 0.4) is 0 Å². The maximum atomic E-state index is 11.5. The van der Waals surface area contributed by atoms with Crippen LogP contribution in [0.2, 0.25) is 0 Å². The number of nitrogens with two attached hydrogens (primary N) is 1. The summed E-state index contributed by atoms with van der Waals surface area (Å²) in [6.45, 7) is 4.87. The number of hydrogen-bond acceptors (Lipinski definition) is 2. The van der Waals surface area contributed by atoms with Crippen LogP contribution in [0, 0.1) is 5.92 Å². The lowest BCUT2D eigenvalue weighted by molar-refractivity contribution is -0.121. The fourth-order valence-corrected chi connectivity index (χ4v) is 1.52. The third-order valence-corrected chi connectivity index (χ3v) is 2.29. The van der Waals surface area contributed by atoms with Gasteiger partial charge in [-0.1, -0.05) is 0 Å². The van der Waals surface area contributed by atoms with Crippen LogP contribution in [0.15, 0.2) is 0 Å². The Balaban J connectivity index is 2.42. The highest BCUT2D eigenvalue weighted by molar-refractivity contribution is 5.80. The molecule has 0 bridgehead atoms. The lowest BCUT2D eigenvalue weighted by Crippen LogP contribution is -2.42. The first-order valence-electron chi connectivity index (χ1n) is 4.85. The lowest BCUT2D eigenvalue weighted by Gasteiger charge is -2.18. The van der Waals surface area contributed by atoms with E-state index in [0.717, 1.165) is 0 Å². The van der Waals surface area contributed by atoms with Gasteiger partial charge < -0.3 is 16.0 Å². The minimum absolute atomic E-state index is 0.108. The normalized spacial score (nSPS) is 21.4. The predicted octanol–water partition coefficient (Wildman–Crippen LogP) is -0.0884. The van der Waals surface area contributed by atoms with Gasteiger partial charge in [-0.2, -0.15) is 0 Å². The summed E-state index contributed by atoms with van der Waals surface area (Å²) < 4.78 is 0. The SMILES string of the molecule is CC(C)NC(=O)N1CCC(C(N)=O)C1. The summed E-state index contributed by atoms with van der Waals surface area (Å²) in [6, 6.07) is 0.0129. The molecule has 5 heteroatoms. The fraction of sp³-hybridized carbons (Fsp3) is 0.778. The van der Waals surface area contributed by atoms with Gasteiger partial charge in [-0.05, 0) is 20.3 Å². The van der Waals surface area contributed by atoms with Crippen molar-refractivity contribution in [2.45, 2.75) is 26.3 Å². The Kier molecular flexibility index (Phi) is 3.33. The van der Waals surface area contributed by atoms with E-state index in [1.807, 2.05) is 13.8 Å². The van der Waals surface area contributed by atoms with Crippen molar-refractivity contribution in [3.63, 3.8) is 0 Å². The third kappa shape index (κ3) is 2.61. The number of amides is 3. The molecule has 1 aliphatic rings. The molecule has 0 spiro atoms. The largest absolute Gasteiger partial charge is 0.369 e. The van der Waals surface area contributed by atoms with E-state index in [9.17, 15) is 9.59 Å². The van der Waals surface area contributed by atoms with Crippen LogP contribution in [0.5, 0.6) is 0 Å². The first-order valence-corrected chi connectivity index (χ1v) is 4.85. The molecule has 80 valence electrons. The highest BCUT2D eigenvalue weighted by Gasteiger charge is 2.29. The minimum atomic E-state index is -0.315. The van der Waals surface area contributed by atoms with Crippen molar-refractivity contribution in [1.29, 1.82) is 0 Å². The summed E-state index contributed by atoms with van der Waals surface area (Å²) >= 11 is 0. The zero-order chi connectivity index (χ0) is 10.7. The Hall–Kier alpha value is -1.26. The van der Waals surface area contributed by atoms with E-state index in [1.165, 1.54) is 0 Å². The molecule has 1 rings (SSSR count). The molecule has 14 heavy (non-hydrogen) atoms. The van der Waals surface area contributed by atoms with Crippen LogP contribution in [-0.2, 0) is 4.79 Å². The van der Waals surface area contributed by atoms with Crippen molar-refractivity contribution in [1.82, 2.24) is 10.2 Å². The van der Waals surface area contributed by atoms with Crippen LogP contribution in [0.4, 0.5) is 4.79 Å². The number of primary amides is 1. The molecule has 5 nitrogen and oxygen atoms in total. The highest BCUT2D eigenvalue weighted by atomic mass is 16.2. The van der Waals surface area contributed by atoms with Gasteiger partial charge in [-0.15, -0.1) is 0 Å². The van der Waals surface area contributed by atoms with Crippen LogP contribution < -0.4 is 11.1 Å². The topological polar surface area (TPSA) is 75.4 Å². The van der Waals surface area contributed by atoms with E-state index in [1.54, 1.807) is 4.90 Å². The highest BCUT2D eigenvalue weighted by Crippen LogP contribution is 2.15. The summed E-state index contributed by atoms with van der Waals surface area (Å²) in [5.74, 6) is -0.488. The zero-order valence-corrected chi connectivity index (χ0v) is 8.62. The molecular weight excluding hydrogens is 182 g/mol. The van der Waals surface area contributed by atoms with E-state index in [2.05, 4.69) is 5.32 Å². The predicted molar refractivity (Wildman–Crippen MR) is 52.5 cm³/mol. The molecule has 1 saturated heterocycles. The Morgan fingerprint density at radius 1 is 1.50 bits per heavy atom. The van der Waals surface area contributed by atoms with Crippen molar-refractivity contribution < 1.29 is 9.59 Å². The maximum Gasteiger partial charge on any atom is 0.317 e. The van der Waals surface area contributed by atoms with Gasteiger partial charge in [0.2, 0.25) is 5.91 Å². The fourth-order valence-electron chi connectivity index (χ4n) is 1.52. The molecule has 0 radical (unpaired) electrons. The number of urea groups is 1. The van der Waals surface area contributed by atoms with Gasteiger partial charge in [0, 0.05) is 19.1 Å². The summed E-state index contributed by atoms with van der Waals surface area (Å²) in [4.78, 5) is 24.0. The van der Waals surface area contributed by atoms with Gasteiger partial charge in [-0.3, -0.25) is 4.79 Å². The summed E-state index contributed by atoms with van der Waals surface area (Å²) in [6.07, 6.45) is 0.681. The second kappa shape index (κ2) is 4.30. The van der Waals surface area contributed by atoms with Crippen LogP contribution >= 0.6 is 0 Å².